The van der Waals surface area contributed by atoms with Gasteiger partial charge in [0.1, 0.15) is 5.75 Å². The summed E-state index contributed by atoms with van der Waals surface area (Å²) in [6.07, 6.45) is 4.77. The molecule has 3 rings (SSSR count). The summed E-state index contributed by atoms with van der Waals surface area (Å²) in [6, 6.07) is 11.5. The molecule has 9 heteroatoms. The maximum atomic E-state index is 12.9. The van der Waals surface area contributed by atoms with Crippen LogP contribution in [0.2, 0.25) is 0 Å². The summed E-state index contributed by atoms with van der Waals surface area (Å²) in [7, 11) is -3.74. The van der Waals surface area contributed by atoms with Gasteiger partial charge >= 0.3 is 0 Å². The van der Waals surface area contributed by atoms with Crippen molar-refractivity contribution in [2.45, 2.75) is 18.4 Å². The second kappa shape index (κ2) is 11.2. The van der Waals surface area contributed by atoms with E-state index in [0.29, 0.717) is 18.0 Å². The van der Waals surface area contributed by atoms with Crippen LogP contribution in [0, 0.1) is 0 Å². The highest BCUT2D eigenvalue weighted by Crippen LogP contribution is 2.24. The van der Waals surface area contributed by atoms with E-state index in [1.165, 1.54) is 52.1 Å². The first-order valence-corrected chi connectivity index (χ1v) is 12.9. The van der Waals surface area contributed by atoms with Crippen LogP contribution in [-0.4, -0.2) is 42.9 Å². The number of ether oxygens (including phenoxy) is 1. The molecule has 2 aromatic carbocycles. The molecule has 7 nitrogen and oxygen atoms in total. The molecule has 0 atom stereocenters. The van der Waals surface area contributed by atoms with E-state index in [9.17, 15) is 13.2 Å². The quantitative estimate of drug-likeness (QED) is 0.368. The predicted molar refractivity (Wildman–Crippen MR) is 137 cm³/mol. The fourth-order valence-corrected chi connectivity index (χ4v) is 5.78. The molecule has 0 saturated heterocycles. The van der Waals surface area contributed by atoms with Crippen molar-refractivity contribution >= 4 is 37.5 Å². The van der Waals surface area contributed by atoms with E-state index in [4.69, 9.17) is 4.74 Å². The van der Waals surface area contributed by atoms with Gasteiger partial charge < -0.3 is 9.30 Å². The minimum Gasteiger partial charge on any atom is -0.494 e. The first-order valence-electron chi connectivity index (χ1n) is 10.6. The number of fused-ring (bicyclic) bond motifs is 1. The normalized spacial score (nSPS) is 12.1. The van der Waals surface area contributed by atoms with Crippen LogP contribution in [0.3, 0.4) is 0 Å². The fourth-order valence-electron chi connectivity index (χ4n) is 3.33. The van der Waals surface area contributed by atoms with Crippen LogP contribution in [0.15, 0.2) is 90.3 Å². The third-order valence-corrected chi connectivity index (χ3v) is 7.77. The number of benzene rings is 2. The molecule has 0 radical (unpaired) electrons. The molecule has 1 aromatic heterocycles. The maximum Gasteiger partial charge on any atom is 0.279 e. The molecule has 0 aliphatic rings. The largest absolute Gasteiger partial charge is 0.494 e. The number of allylic oxidation sites excluding steroid dienone is 1. The zero-order valence-electron chi connectivity index (χ0n) is 19.0. The first kappa shape index (κ1) is 25.4. The van der Waals surface area contributed by atoms with Crippen molar-refractivity contribution in [1.29, 1.82) is 0 Å². The van der Waals surface area contributed by atoms with Crippen LogP contribution in [0.5, 0.6) is 5.75 Å². The molecule has 0 saturated carbocycles. The molecular formula is C25H27N3O4S2. The second-order valence-corrected chi connectivity index (χ2v) is 10.1. The average molecular weight is 498 g/mol. The molecule has 1 amide bonds. The zero-order valence-corrected chi connectivity index (χ0v) is 20.6. The smallest absolute Gasteiger partial charge is 0.279 e. The van der Waals surface area contributed by atoms with Crippen molar-refractivity contribution in [3.63, 3.8) is 0 Å². The van der Waals surface area contributed by atoms with Gasteiger partial charge in [0.2, 0.25) is 10.0 Å². The van der Waals surface area contributed by atoms with Gasteiger partial charge in [-0.2, -0.15) is 9.30 Å². The molecule has 0 spiro atoms. The van der Waals surface area contributed by atoms with Crippen molar-refractivity contribution in [1.82, 2.24) is 8.87 Å². The van der Waals surface area contributed by atoms with Gasteiger partial charge in [0.25, 0.3) is 5.91 Å². The molecule has 0 N–H and O–H groups in total. The first-order chi connectivity index (χ1) is 16.3. The van der Waals surface area contributed by atoms with Crippen molar-refractivity contribution in [3.8, 4) is 5.75 Å². The molecule has 0 unspecified atom stereocenters. The third kappa shape index (κ3) is 5.44. The van der Waals surface area contributed by atoms with Crippen LogP contribution in [0.1, 0.15) is 17.3 Å². The summed E-state index contributed by atoms with van der Waals surface area (Å²) in [5.74, 6) is 0.283. The van der Waals surface area contributed by atoms with E-state index in [-0.39, 0.29) is 23.5 Å². The van der Waals surface area contributed by atoms with Crippen LogP contribution < -0.4 is 9.54 Å². The molecule has 0 aliphatic carbocycles. The lowest BCUT2D eigenvalue weighted by molar-refractivity contribution is 0.0997. The monoisotopic (exact) mass is 497 g/mol. The van der Waals surface area contributed by atoms with Gasteiger partial charge in [0.05, 0.1) is 21.7 Å². The highest BCUT2D eigenvalue weighted by molar-refractivity contribution is 7.89. The van der Waals surface area contributed by atoms with Gasteiger partial charge in [-0.05, 0) is 49.4 Å². The minimum atomic E-state index is -3.74. The van der Waals surface area contributed by atoms with Crippen molar-refractivity contribution < 1.29 is 17.9 Å². The van der Waals surface area contributed by atoms with Crippen LogP contribution in [0.25, 0.3) is 10.2 Å². The summed E-state index contributed by atoms with van der Waals surface area (Å²) in [4.78, 5) is 17.8. The maximum absolute atomic E-state index is 12.9. The standard InChI is InChI=1S/C25H27N3O4S2/c1-5-15-27(16-6-2)34(30,31)21-12-9-19(10-13-21)24(29)26-25-28(17-7-3)22-14-11-20(32-8-4)18-23(22)33-25/h5-7,9-14,18H,1-3,8,15-17H2,4H3. The number of aromatic nitrogens is 1. The van der Waals surface area contributed by atoms with Crippen LogP contribution in [0.4, 0.5) is 0 Å². The Labute approximate surface area is 203 Å². The van der Waals surface area contributed by atoms with Crippen molar-refractivity contribution in [2.75, 3.05) is 19.7 Å². The Kier molecular flexibility index (Phi) is 8.38. The van der Waals surface area contributed by atoms with Crippen molar-refractivity contribution in [3.05, 3.63) is 90.8 Å². The molecule has 178 valence electrons. The van der Waals surface area contributed by atoms with Crippen LogP contribution >= 0.6 is 11.3 Å². The number of hydrogen-bond acceptors (Lipinski definition) is 5. The molecular weight excluding hydrogens is 470 g/mol. The summed E-state index contributed by atoms with van der Waals surface area (Å²) in [5.41, 5.74) is 1.21. The van der Waals surface area contributed by atoms with E-state index in [1.54, 1.807) is 6.08 Å². The average Bonchev–Trinajstić information content (AvgIpc) is 3.15. The van der Waals surface area contributed by atoms with Gasteiger partial charge in [-0.15, -0.1) is 19.7 Å². The number of rotatable bonds is 11. The van der Waals surface area contributed by atoms with Crippen LogP contribution in [-0.2, 0) is 16.6 Å². The van der Waals surface area contributed by atoms with E-state index >= 15 is 0 Å². The lowest BCUT2D eigenvalue weighted by Gasteiger charge is -2.19. The van der Waals surface area contributed by atoms with Gasteiger partial charge in [-0.3, -0.25) is 4.79 Å². The Morgan fingerprint density at radius 2 is 1.76 bits per heavy atom. The number of thiazole rings is 1. The summed E-state index contributed by atoms with van der Waals surface area (Å²) in [5, 5.41) is 0. The number of amides is 1. The van der Waals surface area contributed by atoms with Gasteiger partial charge in [-0.1, -0.05) is 29.6 Å². The Bertz CT molecular complexity index is 1370. The van der Waals surface area contributed by atoms with Gasteiger partial charge in [0, 0.05) is 25.2 Å². The molecule has 34 heavy (non-hydrogen) atoms. The number of nitrogens with zero attached hydrogens (tertiary/aromatic N) is 3. The lowest BCUT2D eigenvalue weighted by atomic mass is 10.2. The number of carbonyl (C=O) groups excluding carboxylic acids is 1. The Morgan fingerprint density at radius 1 is 1.09 bits per heavy atom. The SMILES string of the molecule is C=CCN(CC=C)S(=O)(=O)c1ccc(C(=O)N=c2sc3cc(OCC)ccc3n2CC=C)cc1. The van der Waals surface area contributed by atoms with Crippen molar-refractivity contribution in [2.24, 2.45) is 4.99 Å². The fraction of sp³-hybridized carbons (Fsp3) is 0.200. The van der Waals surface area contributed by atoms with E-state index < -0.39 is 15.9 Å². The van der Waals surface area contributed by atoms with Gasteiger partial charge in [0.15, 0.2) is 4.80 Å². The van der Waals surface area contributed by atoms with E-state index in [1.807, 2.05) is 29.7 Å². The molecule has 0 fully saturated rings. The Balaban J connectivity index is 1.96. The minimum absolute atomic E-state index is 0.0831. The number of sulfonamides is 1. The summed E-state index contributed by atoms with van der Waals surface area (Å²) in [6.45, 7) is 14.3. The van der Waals surface area contributed by atoms with E-state index in [0.717, 1.165) is 16.0 Å². The highest BCUT2D eigenvalue weighted by Gasteiger charge is 2.22. The lowest BCUT2D eigenvalue weighted by Crippen LogP contribution is -2.31. The molecule has 3 aromatic rings. The molecule has 0 aliphatic heterocycles. The molecule has 1 heterocycles. The Hall–Kier alpha value is -3.27. The van der Waals surface area contributed by atoms with E-state index in [2.05, 4.69) is 24.7 Å². The zero-order chi connectivity index (χ0) is 24.7. The summed E-state index contributed by atoms with van der Waals surface area (Å²) >= 11 is 1.38. The second-order valence-electron chi connectivity index (χ2n) is 7.19. The summed E-state index contributed by atoms with van der Waals surface area (Å²) < 4.78 is 35.4. The predicted octanol–water partition coefficient (Wildman–Crippen LogP) is 4.39. The Morgan fingerprint density at radius 3 is 2.35 bits per heavy atom. The topological polar surface area (TPSA) is 81.0 Å². The third-order valence-electron chi connectivity index (χ3n) is 4.88. The highest BCUT2D eigenvalue weighted by atomic mass is 32.2. The van der Waals surface area contributed by atoms with Gasteiger partial charge in [-0.25, -0.2) is 8.42 Å². The number of hydrogen-bond donors (Lipinski definition) is 0. The molecule has 0 bridgehead atoms. The number of carbonyl (C=O) groups is 1.